The molecule has 0 aliphatic carbocycles. The van der Waals surface area contributed by atoms with Gasteiger partial charge >= 0.3 is 0 Å². The second-order valence-corrected chi connectivity index (χ2v) is 8.46. The summed E-state index contributed by atoms with van der Waals surface area (Å²) in [6, 6.07) is 9.68. The van der Waals surface area contributed by atoms with E-state index in [9.17, 15) is 17.6 Å². The van der Waals surface area contributed by atoms with Gasteiger partial charge in [0, 0.05) is 18.7 Å². The van der Waals surface area contributed by atoms with E-state index in [1.165, 1.54) is 40.7 Å². The van der Waals surface area contributed by atoms with Crippen LogP contribution in [0.3, 0.4) is 0 Å². The van der Waals surface area contributed by atoms with Gasteiger partial charge in [-0.2, -0.15) is 4.31 Å². The van der Waals surface area contributed by atoms with Gasteiger partial charge in [0.25, 0.3) is 5.91 Å². The molecule has 2 aromatic rings. The Kier molecular flexibility index (Phi) is 6.31. The molecule has 1 heterocycles. The Bertz CT molecular complexity index is 956. The van der Waals surface area contributed by atoms with E-state index >= 15 is 0 Å². The van der Waals surface area contributed by atoms with Crippen LogP contribution in [0.4, 0.5) is 10.1 Å². The number of amides is 1. The van der Waals surface area contributed by atoms with Gasteiger partial charge in [-0.05, 0) is 56.2 Å². The summed E-state index contributed by atoms with van der Waals surface area (Å²) in [6.45, 7) is 3.11. The fourth-order valence-electron chi connectivity index (χ4n) is 3.13. The molecule has 1 aliphatic heterocycles. The van der Waals surface area contributed by atoms with Crippen LogP contribution in [0.15, 0.2) is 47.4 Å². The predicted molar refractivity (Wildman–Crippen MR) is 105 cm³/mol. The zero-order chi connectivity index (χ0) is 20.1. The van der Waals surface area contributed by atoms with Crippen LogP contribution in [0, 0.1) is 5.82 Å². The van der Waals surface area contributed by atoms with E-state index in [2.05, 4.69) is 5.32 Å². The number of ether oxygens (including phenoxy) is 1. The molecule has 0 radical (unpaired) electrons. The number of nitrogens with zero attached hydrogens (tertiary/aromatic N) is 1. The molecule has 0 atom stereocenters. The SMILES string of the molecule is CCOc1ccc(S(=O)(=O)N2CCCCC2)cc1NC(=O)c1cccc(F)c1. The lowest BCUT2D eigenvalue weighted by molar-refractivity contribution is 0.102. The average molecular weight is 406 g/mol. The van der Waals surface area contributed by atoms with E-state index in [0.29, 0.717) is 25.4 Å². The minimum Gasteiger partial charge on any atom is -0.492 e. The third-order valence-electron chi connectivity index (χ3n) is 4.54. The number of hydrogen-bond donors (Lipinski definition) is 1. The van der Waals surface area contributed by atoms with Crippen LogP contribution < -0.4 is 10.1 Å². The third kappa shape index (κ3) is 4.51. The summed E-state index contributed by atoms with van der Waals surface area (Å²) in [5, 5.41) is 2.64. The Morgan fingerprint density at radius 2 is 1.89 bits per heavy atom. The highest BCUT2D eigenvalue weighted by molar-refractivity contribution is 7.89. The zero-order valence-corrected chi connectivity index (χ0v) is 16.5. The van der Waals surface area contributed by atoms with Crippen molar-refractivity contribution < 1.29 is 22.3 Å². The quantitative estimate of drug-likeness (QED) is 0.795. The first-order valence-electron chi connectivity index (χ1n) is 9.25. The normalized spacial score (nSPS) is 15.2. The van der Waals surface area contributed by atoms with Gasteiger partial charge in [0.15, 0.2) is 0 Å². The highest BCUT2D eigenvalue weighted by Gasteiger charge is 2.27. The topological polar surface area (TPSA) is 75.7 Å². The van der Waals surface area contributed by atoms with Crippen LogP contribution in [0.5, 0.6) is 5.75 Å². The average Bonchev–Trinajstić information content (AvgIpc) is 2.70. The Balaban J connectivity index is 1.92. The number of halogens is 1. The van der Waals surface area contributed by atoms with Gasteiger partial charge in [-0.1, -0.05) is 12.5 Å². The molecule has 0 unspecified atom stereocenters. The molecule has 0 aromatic heterocycles. The van der Waals surface area contributed by atoms with Crippen molar-refractivity contribution >= 4 is 21.6 Å². The van der Waals surface area contributed by atoms with E-state index in [1.807, 2.05) is 0 Å². The van der Waals surface area contributed by atoms with Crippen molar-refractivity contribution in [1.29, 1.82) is 0 Å². The number of anilines is 1. The van der Waals surface area contributed by atoms with Crippen LogP contribution in [0.25, 0.3) is 0 Å². The van der Waals surface area contributed by atoms with Gasteiger partial charge in [0.2, 0.25) is 10.0 Å². The lowest BCUT2D eigenvalue weighted by Gasteiger charge is -2.26. The second-order valence-electron chi connectivity index (χ2n) is 6.52. The molecule has 8 heteroatoms. The summed E-state index contributed by atoms with van der Waals surface area (Å²) < 4.78 is 46.2. The molecule has 1 aliphatic rings. The molecule has 0 spiro atoms. The van der Waals surface area contributed by atoms with Crippen LogP contribution >= 0.6 is 0 Å². The summed E-state index contributed by atoms with van der Waals surface area (Å²) in [4.78, 5) is 12.6. The summed E-state index contributed by atoms with van der Waals surface area (Å²) >= 11 is 0. The fraction of sp³-hybridized carbons (Fsp3) is 0.350. The summed E-state index contributed by atoms with van der Waals surface area (Å²) in [6.07, 6.45) is 2.68. The maximum Gasteiger partial charge on any atom is 0.255 e. The van der Waals surface area contributed by atoms with Crippen molar-refractivity contribution in [2.75, 3.05) is 25.0 Å². The molecule has 3 rings (SSSR count). The zero-order valence-electron chi connectivity index (χ0n) is 15.7. The number of piperidine rings is 1. The van der Waals surface area contributed by atoms with Crippen molar-refractivity contribution in [1.82, 2.24) is 4.31 Å². The third-order valence-corrected chi connectivity index (χ3v) is 6.43. The lowest BCUT2D eigenvalue weighted by atomic mass is 10.2. The number of sulfonamides is 1. The molecule has 0 saturated carbocycles. The standard InChI is InChI=1S/C20H23FN2O4S/c1-2-27-19-10-9-17(28(25,26)23-11-4-3-5-12-23)14-18(19)22-20(24)15-7-6-8-16(21)13-15/h6-10,13-14H,2-5,11-12H2,1H3,(H,22,24). The molecular weight excluding hydrogens is 383 g/mol. The number of benzene rings is 2. The molecule has 2 aromatic carbocycles. The molecule has 1 N–H and O–H groups in total. The van der Waals surface area contributed by atoms with Gasteiger partial charge in [-0.25, -0.2) is 12.8 Å². The molecule has 1 amide bonds. The number of nitrogens with one attached hydrogen (secondary N) is 1. The molecule has 0 bridgehead atoms. The van der Waals surface area contributed by atoms with Gasteiger partial charge in [0.1, 0.15) is 11.6 Å². The van der Waals surface area contributed by atoms with Gasteiger partial charge < -0.3 is 10.1 Å². The summed E-state index contributed by atoms with van der Waals surface area (Å²) in [5.74, 6) is -0.725. The number of rotatable bonds is 6. The number of carbonyl (C=O) groups excluding carboxylic acids is 1. The van der Waals surface area contributed by atoms with E-state index in [0.717, 1.165) is 25.3 Å². The summed E-state index contributed by atoms with van der Waals surface area (Å²) in [7, 11) is -3.66. The molecule has 6 nitrogen and oxygen atoms in total. The van der Waals surface area contributed by atoms with E-state index < -0.39 is 21.7 Å². The number of carbonyl (C=O) groups is 1. The fourth-order valence-corrected chi connectivity index (χ4v) is 4.67. The van der Waals surface area contributed by atoms with E-state index in [1.54, 1.807) is 6.92 Å². The summed E-state index contributed by atoms with van der Waals surface area (Å²) in [5.41, 5.74) is 0.362. The van der Waals surface area contributed by atoms with Gasteiger partial charge in [-0.3, -0.25) is 4.79 Å². The van der Waals surface area contributed by atoms with Crippen molar-refractivity contribution in [2.45, 2.75) is 31.1 Å². The van der Waals surface area contributed by atoms with Gasteiger partial charge in [-0.15, -0.1) is 0 Å². The number of hydrogen-bond acceptors (Lipinski definition) is 4. The lowest BCUT2D eigenvalue weighted by Crippen LogP contribution is -2.35. The van der Waals surface area contributed by atoms with E-state index in [-0.39, 0.29) is 16.1 Å². The highest BCUT2D eigenvalue weighted by atomic mass is 32.2. The Hall–Kier alpha value is -2.45. The van der Waals surface area contributed by atoms with Gasteiger partial charge in [0.05, 0.1) is 17.2 Å². The van der Waals surface area contributed by atoms with E-state index in [4.69, 9.17) is 4.74 Å². The second kappa shape index (κ2) is 8.70. The first kappa shape index (κ1) is 20.3. The van der Waals surface area contributed by atoms with Crippen LogP contribution in [0.1, 0.15) is 36.5 Å². The van der Waals surface area contributed by atoms with Crippen molar-refractivity contribution in [3.8, 4) is 5.75 Å². The largest absolute Gasteiger partial charge is 0.492 e. The predicted octanol–water partition coefficient (Wildman–Crippen LogP) is 3.65. The molecule has 28 heavy (non-hydrogen) atoms. The van der Waals surface area contributed by atoms with Crippen molar-refractivity contribution in [3.63, 3.8) is 0 Å². The minimum atomic E-state index is -3.66. The maximum absolute atomic E-state index is 13.4. The molecular formula is C20H23FN2O4S. The van der Waals surface area contributed by atoms with Crippen LogP contribution in [0.2, 0.25) is 0 Å². The Labute approximate surface area is 164 Å². The molecule has 1 fully saturated rings. The Morgan fingerprint density at radius 3 is 2.57 bits per heavy atom. The first-order chi connectivity index (χ1) is 13.4. The first-order valence-corrected chi connectivity index (χ1v) is 10.7. The van der Waals surface area contributed by atoms with Crippen LogP contribution in [-0.2, 0) is 10.0 Å². The molecule has 1 saturated heterocycles. The Morgan fingerprint density at radius 1 is 1.14 bits per heavy atom. The minimum absolute atomic E-state index is 0.0902. The van der Waals surface area contributed by atoms with Crippen molar-refractivity contribution in [2.24, 2.45) is 0 Å². The van der Waals surface area contributed by atoms with Crippen molar-refractivity contribution in [3.05, 3.63) is 53.8 Å². The van der Waals surface area contributed by atoms with Crippen LogP contribution in [-0.4, -0.2) is 38.3 Å². The smallest absolute Gasteiger partial charge is 0.255 e. The highest BCUT2D eigenvalue weighted by Crippen LogP contribution is 2.30. The molecule has 150 valence electrons. The monoisotopic (exact) mass is 406 g/mol. The maximum atomic E-state index is 13.4.